The van der Waals surface area contributed by atoms with Crippen molar-refractivity contribution in [1.29, 1.82) is 0 Å². The highest BCUT2D eigenvalue weighted by Crippen LogP contribution is 2.18. The molecule has 1 aliphatic heterocycles. The lowest BCUT2D eigenvalue weighted by Gasteiger charge is -2.30. The van der Waals surface area contributed by atoms with Crippen LogP contribution in [-0.2, 0) is 23.1 Å². The van der Waals surface area contributed by atoms with E-state index in [1.165, 1.54) is 36.6 Å². The van der Waals surface area contributed by atoms with E-state index in [9.17, 15) is 12.8 Å². The molecule has 0 atom stereocenters. The summed E-state index contributed by atoms with van der Waals surface area (Å²) in [6.45, 7) is 5.69. The van der Waals surface area contributed by atoms with E-state index < -0.39 is 15.8 Å². The fourth-order valence-corrected chi connectivity index (χ4v) is 4.19. The summed E-state index contributed by atoms with van der Waals surface area (Å²) in [7, 11) is -3.72. The number of hydrogen-bond acceptors (Lipinski definition) is 3. The third-order valence-corrected chi connectivity index (χ3v) is 6.28. The van der Waals surface area contributed by atoms with Gasteiger partial charge in [0.25, 0.3) is 0 Å². The molecule has 0 saturated carbocycles. The summed E-state index contributed by atoms with van der Waals surface area (Å²) < 4.78 is 40.2. The molecule has 0 unspecified atom stereocenters. The van der Waals surface area contributed by atoms with Crippen molar-refractivity contribution in [2.45, 2.75) is 37.8 Å². The Kier molecular flexibility index (Phi) is 6.06. The molecule has 0 spiro atoms. The largest absolute Gasteiger partial charge is 0.299 e. The van der Waals surface area contributed by atoms with Crippen LogP contribution >= 0.6 is 0 Å². The Hall–Kier alpha value is -1.76. The molecule has 0 aromatic heterocycles. The highest BCUT2D eigenvalue weighted by molar-refractivity contribution is 7.89. The summed E-state index contributed by atoms with van der Waals surface area (Å²) in [5.41, 5.74) is 2.11. The van der Waals surface area contributed by atoms with Gasteiger partial charge in [-0.2, -0.15) is 0 Å². The van der Waals surface area contributed by atoms with Crippen molar-refractivity contribution in [1.82, 2.24) is 9.62 Å². The Labute approximate surface area is 155 Å². The van der Waals surface area contributed by atoms with Gasteiger partial charge in [0.1, 0.15) is 5.82 Å². The minimum Gasteiger partial charge on any atom is -0.299 e. The lowest BCUT2D eigenvalue weighted by Crippen LogP contribution is -2.32. The molecule has 1 saturated heterocycles. The third-order valence-electron chi connectivity index (χ3n) is 4.88. The Morgan fingerprint density at radius 3 is 2.38 bits per heavy atom. The molecule has 2 aromatic rings. The van der Waals surface area contributed by atoms with Crippen LogP contribution in [0.5, 0.6) is 0 Å². The maximum Gasteiger partial charge on any atom is 0.240 e. The van der Waals surface area contributed by atoms with Crippen LogP contribution in [0.25, 0.3) is 0 Å². The smallest absolute Gasteiger partial charge is 0.240 e. The molecule has 1 fully saturated rings. The van der Waals surface area contributed by atoms with E-state index in [2.05, 4.69) is 16.5 Å². The number of hydrogen-bond donors (Lipinski definition) is 1. The lowest BCUT2D eigenvalue weighted by molar-refractivity contribution is 0.185. The number of nitrogens with zero attached hydrogens (tertiary/aromatic N) is 1. The normalized spacial score (nSPS) is 16.7. The lowest BCUT2D eigenvalue weighted by atomic mass is 9.99. The van der Waals surface area contributed by atoms with E-state index in [-0.39, 0.29) is 11.4 Å². The monoisotopic (exact) mass is 376 g/mol. The molecule has 1 aliphatic rings. The zero-order chi connectivity index (χ0) is 18.6. The highest BCUT2D eigenvalue weighted by Gasteiger charge is 2.16. The summed E-state index contributed by atoms with van der Waals surface area (Å²) in [6, 6.07) is 13.0. The predicted molar refractivity (Wildman–Crippen MR) is 101 cm³/mol. The van der Waals surface area contributed by atoms with Gasteiger partial charge in [0, 0.05) is 13.1 Å². The molecule has 140 valence electrons. The molecular weight excluding hydrogens is 351 g/mol. The van der Waals surface area contributed by atoms with Gasteiger partial charge in [-0.15, -0.1) is 0 Å². The number of sulfonamides is 1. The number of rotatable bonds is 6. The third kappa shape index (κ3) is 5.13. The Morgan fingerprint density at radius 1 is 1.08 bits per heavy atom. The number of benzene rings is 2. The van der Waals surface area contributed by atoms with Crippen LogP contribution in [0.4, 0.5) is 4.39 Å². The first-order valence-electron chi connectivity index (χ1n) is 8.98. The van der Waals surface area contributed by atoms with Gasteiger partial charge in [-0.25, -0.2) is 17.5 Å². The second-order valence-corrected chi connectivity index (χ2v) is 8.82. The molecule has 2 aromatic carbocycles. The molecule has 0 amide bonds. The van der Waals surface area contributed by atoms with Gasteiger partial charge in [-0.1, -0.05) is 37.3 Å². The molecule has 26 heavy (non-hydrogen) atoms. The van der Waals surface area contributed by atoms with Crippen molar-refractivity contribution in [3.05, 3.63) is 65.5 Å². The Balaban J connectivity index is 1.56. The van der Waals surface area contributed by atoms with Crippen LogP contribution in [0.15, 0.2) is 53.4 Å². The van der Waals surface area contributed by atoms with Crippen LogP contribution in [0, 0.1) is 11.7 Å². The van der Waals surface area contributed by atoms with Crippen LogP contribution in [0.2, 0.25) is 0 Å². The first-order chi connectivity index (χ1) is 12.4. The standard InChI is InChI=1S/C20H25FN2O2S/c1-16-9-11-23(12-10-16)15-18-7-5-17(6-8-18)14-22-26(24,25)20-4-2-3-19(21)13-20/h2-8,13,16,22H,9-12,14-15H2,1H3. The summed E-state index contributed by atoms with van der Waals surface area (Å²) in [4.78, 5) is 2.40. The molecule has 6 heteroatoms. The van der Waals surface area contributed by atoms with Crippen LogP contribution in [-0.4, -0.2) is 26.4 Å². The average Bonchev–Trinajstić information content (AvgIpc) is 2.63. The van der Waals surface area contributed by atoms with E-state index in [0.717, 1.165) is 37.2 Å². The molecule has 1 heterocycles. The second kappa shape index (κ2) is 8.29. The van der Waals surface area contributed by atoms with Crippen molar-refractivity contribution in [2.24, 2.45) is 5.92 Å². The SMILES string of the molecule is CC1CCN(Cc2ccc(CNS(=O)(=O)c3cccc(F)c3)cc2)CC1. The fraction of sp³-hybridized carbons (Fsp3) is 0.400. The van der Waals surface area contributed by atoms with Crippen LogP contribution < -0.4 is 4.72 Å². The summed E-state index contributed by atoms with van der Waals surface area (Å²) >= 11 is 0. The first-order valence-corrected chi connectivity index (χ1v) is 10.5. The molecular formula is C20H25FN2O2S. The van der Waals surface area contributed by atoms with E-state index in [1.807, 2.05) is 24.3 Å². The number of piperidine rings is 1. The van der Waals surface area contributed by atoms with Gasteiger partial charge in [0.2, 0.25) is 10.0 Å². The van der Waals surface area contributed by atoms with Crippen LogP contribution in [0.1, 0.15) is 30.9 Å². The molecule has 3 rings (SSSR count). The van der Waals surface area contributed by atoms with E-state index in [1.54, 1.807) is 0 Å². The molecule has 4 nitrogen and oxygen atoms in total. The van der Waals surface area contributed by atoms with Crippen molar-refractivity contribution in [2.75, 3.05) is 13.1 Å². The average molecular weight is 376 g/mol. The van der Waals surface area contributed by atoms with Crippen LogP contribution in [0.3, 0.4) is 0 Å². The quantitative estimate of drug-likeness (QED) is 0.839. The van der Waals surface area contributed by atoms with Gasteiger partial charge in [-0.3, -0.25) is 4.90 Å². The minimum absolute atomic E-state index is 0.0616. The Morgan fingerprint density at radius 2 is 1.73 bits per heavy atom. The zero-order valence-electron chi connectivity index (χ0n) is 15.0. The Bertz CT molecular complexity index is 829. The summed E-state index contributed by atoms with van der Waals surface area (Å²) in [5.74, 6) is 0.254. The van der Waals surface area contributed by atoms with Gasteiger partial charge < -0.3 is 0 Å². The number of nitrogens with one attached hydrogen (secondary N) is 1. The van der Waals surface area contributed by atoms with E-state index in [4.69, 9.17) is 0 Å². The van der Waals surface area contributed by atoms with Gasteiger partial charge in [-0.05, 0) is 61.2 Å². The van der Waals surface area contributed by atoms with Crippen molar-refractivity contribution >= 4 is 10.0 Å². The van der Waals surface area contributed by atoms with E-state index >= 15 is 0 Å². The number of halogens is 1. The first kappa shape index (κ1) is 19.0. The van der Waals surface area contributed by atoms with Crippen molar-refractivity contribution < 1.29 is 12.8 Å². The molecule has 0 aliphatic carbocycles. The topological polar surface area (TPSA) is 49.4 Å². The van der Waals surface area contributed by atoms with E-state index in [0.29, 0.717) is 0 Å². The molecule has 1 N–H and O–H groups in total. The molecule has 0 bridgehead atoms. The van der Waals surface area contributed by atoms with Crippen molar-refractivity contribution in [3.8, 4) is 0 Å². The van der Waals surface area contributed by atoms with Gasteiger partial charge in [0.05, 0.1) is 4.90 Å². The maximum atomic E-state index is 13.2. The van der Waals surface area contributed by atoms with Crippen molar-refractivity contribution in [3.63, 3.8) is 0 Å². The summed E-state index contributed by atoms with van der Waals surface area (Å²) in [5, 5.41) is 0. The highest BCUT2D eigenvalue weighted by atomic mass is 32.2. The maximum absolute atomic E-state index is 13.2. The predicted octanol–water partition coefficient (Wildman–Crippen LogP) is 3.54. The fourth-order valence-electron chi connectivity index (χ4n) is 3.14. The minimum atomic E-state index is -3.72. The summed E-state index contributed by atoms with van der Waals surface area (Å²) in [6.07, 6.45) is 2.50. The molecule has 0 radical (unpaired) electrons. The number of likely N-dealkylation sites (tertiary alicyclic amines) is 1. The van der Waals surface area contributed by atoms with Gasteiger partial charge >= 0.3 is 0 Å². The van der Waals surface area contributed by atoms with Gasteiger partial charge in [0.15, 0.2) is 0 Å². The zero-order valence-corrected chi connectivity index (χ0v) is 15.8. The second-order valence-electron chi connectivity index (χ2n) is 7.06.